The van der Waals surface area contributed by atoms with Crippen molar-refractivity contribution in [3.05, 3.63) is 18.2 Å². The van der Waals surface area contributed by atoms with Crippen molar-refractivity contribution in [3.63, 3.8) is 0 Å². The van der Waals surface area contributed by atoms with E-state index in [0.29, 0.717) is 24.6 Å². The molecule has 1 aromatic carbocycles. The fourth-order valence-electron chi connectivity index (χ4n) is 2.93. The highest BCUT2D eigenvalue weighted by Gasteiger charge is 2.32. The molecule has 0 aromatic heterocycles. The van der Waals surface area contributed by atoms with Crippen LogP contribution in [0.5, 0.6) is 11.5 Å². The van der Waals surface area contributed by atoms with E-state index in [1.54, 1.807) is 31.3 Å². The lowest BCUT2D eigenvalue weighted by atomic mass is 10.2. The van der Waals surface area contributed by atoms with Crippen molar-refractivity contribution >= 4 is 17.6 Å². The van der Waals surface area contributed by atoms with Crippen molar-refractivity contribution in [1.29, 1.82) is 0 Å². The first-order chi connectivity index (χ1) is 12.4. The minimum Gasteiger partial charge on any atom is -0.493 e. The van der Waals surface area contributed by atoms with E-state index in [0.717, 1.165) is 18.7 Å². The van der Waals surface area contributed by atoms with Crippen molar-refractivity contribution in [2.45, 2.75) is 18.9 Å². The fourth-order valence-corrected chi connectivity index (χ4v) is 2.93. The van der Waals surface area contributed by atoms with Crippen LogP contribution < -0.4 is 29.9 Å². The van der Waals surface area contributed by atoms with Gasteiger partial charge in [-0.05, 0) is 12.1 Å². The van der Waals surface area contributed by atoms with Crippen LogP contribution in [0.25, 0.3) is 0 Å². The number of hydrogen-bond acceptors (Lipinski definition) is 4. The summed E-state index contributed by atoms with van der Waals surface area (Å²) >= 11 is 0. The number of benzene rings is 1. The summed E-state index contributed by atoms with van der Waals surface area (Å²) in [6, 6.07) is 4.90. The van der Waals surface area contributed by atoms with Gasteiger partial charge in [-0.25, -0.2) is 4.79 Å². The molecular weight excluding hydrogens is 336 g/mol. The van der Waals surface area contributed by atoms with Gasteiger partial charge in [0.15, 0.2) is 11.5 Å². The summed E-state index contributed by atoms with van der Waals surface area (Å²) < 4.78 is 10.5. The highest BCUT2D eigenvalue weighted by Crippen LogP contribution is 2.33. The molecule has 1 aromatic rings. The molecule has 0 unspecified atom stereocenters. The van der Waals surface area contributed by atoms with Gasteiger partial charge in [0, 0.05) is 37.7 Å². The first kappa shape index (κ1) is 19.8. The summed E-state index contributed by atoms with van der Waals surface area (Å²) in [5, 5.41) is 5.71. The summed E-state index contributed by atoms with van der Waals surface area (Å²) in [5.41, 5.74) is 0.728. The minimum atomic E-state index is -0.231. The average molecular weight is 365 g/mol. The highest BCUT2D eigenvalue weighted by molar-refractivity contribution is 5.97. The van der Waals surface area contributed by atoms with Crippen LogP contribution in [0.15, 0.2) is 18.2 Å². The van der Waals surface area contributed by atoms with Gasteiger partial charge in [0.05, 0.1) is 40.9 Å². The van der Waals surface area contributed by atoms with E-state index in [1.165, 1.54) is 4.90 Å². The van der Waals surface area contributed by atoms with Crippen molar-refractivity contribution in [3.8, 4) is 11.5 Å². The molecule has 1 heterocycles. The Kier molecular flexibility index (Phi) is 7.08. The maximum absolute atomic E-state index is 12.3. The van der Waals surface area contributed by atoms with Gasteiger partial charge in [0.25, 0.3) is 0 Å². The number of amides is 3. The van der Waals surface area contributed by atoms with Gasteiger partial charge in [0.2, 0.25) is 5.91 Å². The Morgan fingerprint density at radius 1 is 1.27 bits per heavy atom. The topological polar surface area (TPSA) is 84.3 Å². The second-order valence-electron chi connectivity index (χ2n) is 6.66. The van der Waals surface area contributed by atoms with E-state index in [1.807, 2.05) is 6.07 Å². The summed E-state index contributed by atoms with van der Waals surface area (Å²) in [6.07, 6.45) is 1.20. The maximum Gasteiger partial charge on any atom is 0.315 e. The van der Waals surface area contributed by atoms with Gasteiger partial charge in [-0.15, -0.1) is 0 Å². The Labute approximate surface area is 154 Å². The molecule has 1 fully saturated rings. The Hall–Kier alpha value is -2.48. The van der Waals surface area contributed by atoms with E-state index in [2.05, 4.69) is 24.7 Å². The molecule has 3 amide bonds. The third kappa shape index (κ3) is 5.26. The SMILES string of the molecule is COc1ccc(N2C[C@@H](NC(=O)NCCC[NH+](C)C)CC2=O)cc1OC. The van der Waals surface area contributed by atoms with E-state index >= 15 is 0 Å². The fraction of sp³-hybridized carbons (Fsp3) is 0.556. The lowest BCUT2D eigenvalue weighted by molar-refractivity contribution is -0.858. The predicted octanol–water partition coefficient (Wildman–Crippen LogP) is -0.357. The van der Waals surface area contributed by atoms with Crippen LogP contribution in [-0.4, -0.2) is 65.9 Å². The second kappa shape index (κ2) is 9.28. The number of nitrogens with one attached hydrogen (secondary N) is 3. The van der Waals surface area contributed by atoms with Crippen LogP contribution in [0.2, 0.25) is 0 Å². The van der Waals surface area contributed by atoms with Crippen LogP contribution in [0.3, 0.4) is 0 Å². The van der Waals surface area contributed by atoms with Crippen LogP contribution in [0.4, 0.5) is 10.5 Å². The van der Waals surface area contributed by atoms with E-state index < -0.39 is 0 Å². The number of carbonyl (C=O) groups excluding carboxylic acids is 2. The van der Waals surface area contributed by atoms with Crippen molar-refractivity contribution in [2.24, 2.45) is 0 Å². The number of anilines is 1. The first-order valence-corrected chi connectivity index (χ1v) is 8.80. The molecule has 1 atom stereocenters. The Bertz CT molecular complexity index is 636. The molecule has 0 bridgehead atoms. The lowest BCUT2D eigenvalue weighted by Gasteiger charge is -2.19. The standard InChI is InChI=1S/C18H28N4O4/c1-21(2)9-5-8-19-18(24)20-13-10-17(23)22(12-13)14-6-7-15(25-3)16(11-14)26-4/h6-7,11,13H,5,8-10,12H2,1-4H3,(H2,19,20,24)/p+1/t13-/m0/s1. The third-order valence-electron chi connectivity index (χ3n) is 4.28. The molecule has 1 aliphatic heterocycles. The molecule has 3 N–H and O–H groups in total. The smallest absolute Gasteiger partial charge is 0.315 e. The third-order valence-corrected chi connectivity index (χ3v) is 4.28. The van der Waals surface area contributed by atoms with Crippen molar-refractivity contribution in [1.82, 2.24) is 10.6 Å². The molecule has 1 aliphatic rings. The maximum atomic E-state index is 12.3. The molecule has 1 saturated heterocycles. The molecule has 0 spiro atoms. The summed E-state index contributed by atoms with van der Waals surface area (Å²) in [4.78, 5) is 27.3. The first-order valence-electron chi connectivity index (χ1n) is 8.80. The molecule has 2 rings (SSSR count). The number of hydrogen-bond donors (Lipinski definition) is 3. The molecule has 26 heavy (non-hydrogen) atoms. The number of quaternary nitrogens is 1. The number of methoxy groups -OCH3 is 2. The zero-order valence-electron chi connectivity index (χ0n) is 15.9. The molecule has 144 valence electrons. The number of ether oxygens (including phenoxy) is 2. The molecule has 0 saturated carbocycles. The zero-order chi connectivity index (χ0) is 19.1. The molecular formula is C18H29N4O4+. The van der Waals surface area contributed by atoms with Gasteiger partial charge < -0.3 is 29.9 Å². The van der Waals surface area contributed by atoms with E-state index in [-0.39, 0.29) is 24.4 Å². The minimum absolute atomic E-state index is 0.0290. The quantitative estimate of drug-likeness (QED) is 0.550. The van der Waals surface area contributed by atoms with Crippen LogP contribution in [-0.2, 0) is 4.79 Å². The van der Waals surface area contributed by atoms with E-state index in [9.17, 15) is 9.59 Å². The average Bonchev–Trinajstić information content (AvgIpc) is 2.98. The zero-order valence-corrected chi connectivity index (χ0v) is 15.9. The summed E-state index contributed by atoms with van der Waals surface area (Å²) in [5.74, 6) is 1.14. The molecule has 8 nitrogen and oxygen atoms in total. The van der Waals surface area contributed by atoms with Crippen LogP contribution in [0.1, 0.15) is 12.8 Å². The molecule has 0 aliphatic carbocycles. The van der Waals surface area contributed by atoms with Gasteiger partial charge in [0.1, 0.15) is 0 Å². The van der Waals surface area contributed by atoms with E-state index in [4.69, 9.17) is 9.47 Å². The van der Waals surface area contributed by atoms with Gasteiger partial charge in [-0.2, -0.15) is 0 Å². The summed E-state index contributed by atoms with van der Waals surface area (Å²) in [6.45, 7) is 2.05. The normalized spacial score (nSPS) is 16.7. The Morgan fingerprint density at radius 3 is 2.65 bits per heavy atom. The van der Waals surface area contributed by atoms with Gasteiger partial charge in [-0.3, -0.25) is 4.79 Å². The molecule has 8 heteroatoms. The number of rotatable bonds is 8. The Morgan fingerprint density at radius 2 is 2.00 bits per heavy atom. The predicted molar refractivity (Wildman–Crippen MR) is 99.1 cm³/mol. The molecule has 0 radical (unpaired) electrons. The lowest BCUT2D eigenvalue weighted by Crippen LogP contribution is -3.05. The van der Waals surface area contributed by atoms with Crippen LogP contribution >= 0.6 is 0 Å². The van der Waals surface area contributed by atoms with Gasteiger partial charge >= 0.3 is 6.03 Å². The monoisotopic (exact) mass is 365 g/mol. The van der Waals surface area contributed by atoms with Crippen LogP contribution in [0, 0.1) is 0 Å². The second-order valence-corrected chi connectivity index (χ2v) is 6.66. The van der Waals surface area contributed by atoms with Crippen molar-refractivity contribution < 1.29 is 24.0 Å². The Balaban J connectivity index is 1.89. The number of nitrogens with zero attached hydrogens (tertiary/aromatic N) is 1. The number of carbonyl (C=O) groups is 2. The highest BCUT2D eigenvalue weighted by atomic mass is 16.5. The van der Waals surface area contributed by atoms with Gasteiger partial charge in [-0.1, -0.05) is 0 Å². The van der Waals surface area contributed by atoms with Crippen molar-refractivity contribution in [2.75, 3.05) is 52.8 Å². The largest absolute Gasteiger partial charge is 0.493 e. The summed E-state index contributed by atoms with van der Waals surface area (Å²) in [7, 11) is 7.27. The number of urea groups is 1.